The molecule has 3 aromatic rings. The van der Waals surface area contributed by atoms with Crippen LogP contribution in [0, 0.1) is 30.2 Å². The normalized spacial score (nSPS) is 10.8. The molecule has 0 nitrogen and oxygen atoms in total. The zero-order chi connectivity index (χ0) is 16.6. The molecule has 0 amide bonds. The fraction of sp³-hybridized carbons (Fsp3) is 0.0526. The molecule has 0 aliphatic carbocycles. The molecule has 0 aliphatic rings. The van der Waals surface area contributed by atoms with E-state index in [1.807, 2.05) is 19.1 Å². The fourth-order valence-electron chi connectivity index (χ4n) is 2.47. The minimum atomic E-state index is -0.932. The summed E-state index contributed by atoms with van der Waals surface area (Å²) in [5, 5.41) is 0. The molecule has 116 valence electrons. The molecule has 23 heavy (non-hydrogen) atoms. The Hall–Kier alpha value is -2.62. The van der Waals surface area contributed by atoms with Crippen LogP contribution >= 0.6 is 0 Å². The van der Waals surface area contributed by atoms with E-state index in [4.69, 9.17) is 0 Å². The molecule has 4 heteroatoms. The molecule has 3 rings (SSSR count). The monoisotopic (exact) mass is 316 g/mol. The first kappa shape index (κ1) is 15.3. The zero-order valence-electron chi connectivity index (χ0n) is 12.2. The minimum absolute atomic E-state index is 0.511. The first-order valence-corrected chi connectivity index (χ1v) is 6.96. The van der Waals surface area contributed by atoms with Crippen LogP contribution in [0.25, 0.3) is 22.3 Å². The molecule has 0 aromatic heterocycles. The Labute approximate surface area is 131 Å². The van der Waals surface area contributed by atoms with Crippen molar-refractivity contribution in [3.05, 3.63) is 83.4 Å². The third kappa shape index (κ3) is 3.11. The van der Waals surface area contributed by atoms with Crippen molar-refractivity contribution in [1.82, 2.24) is 0 Å². The predicted octanol–water partition coefficient (Wildman–Crippen LogP) is 5.89. The summed E-state index contributed by atoms with van der Waals surface area (Å²) in [5.41, 5.74) is 3.23. The van der Waals surface area contributed by atoms with Crippen LogP contribution in [0.3, 0.4) is 0 Å². The topological polar surface area (TPSA) is 0 Å². The van der Waals surface area contributed by atoms with Crippen LogP contribution in [0.1, 0.15) is 5.56 Å². The molecule has 0 unspecified atom stereocenters. The molecular weight excluding hydrogens is 304 g/mol. The Balaban J connectivity index is 2.11. The number of benzene rings is 3. The number of hydrogen-bond donors (Lipinski definition) is 0. The average molecular weight is 316 g/mol. The third-order valence-corrected chi connectivity index (χ3v) is 3.58. The van der Waals surface area contributed by atoms with E-state index >= 15 is 0 Å². The van der Waals surface area contributed by atoms with Gasteiger partial charge in [-0.2, -0.15) is 0 Å². The third-order valence-electron chi connectivity index (χ3n) is 3.58. The number of hydrogen-bond acceptors (Lipinski definition) is 0. The highest BCUT2D eigenvalue weighted by molar-refractivity contribution is 5.74. The van der Waals surface area contributed by atoms with Gasteiger partial charge in [-0.25, -0.2) is 17.6 Å². The summed E-state index contributed by atoms with van der Waals surface area (Å²) in [6, 6.07) is 12.6. The van der Waals surface area contributed by atoms with E-state index in [1.165, 1.54) is 12.1 Å². The molecular formula is C19H12F4. The van der Waals surface area contributed by atoms with Crippen molar-refractivity contribution in [2.75, 3.05) is 0 Å². The second-order valence-corrected chi connectivity index (χ2v) is 5.35. The summed E-state index contributed by atoms with van der Waals surface area (Å²) >= 11 is 0. The van der Waals surface area contributed by atoms with E-state index in [0.29, 0.717) is 22.3 Å². The van der Waals surface area contributed by atoms with E-state index < -0.39 is 23.3 Å². The highest BCUT2D eigenvalue weighted by Gasteiger charge is 2.09. The van der Waals surface area contributed by atoms with Crippen LogP contribution in [0.4, 0.5) is 17.6 Å². The SMILES string of the molecule is Cc1cc(-c2ccc(F)c(F)c2)cc(-c2ccc(F)c(F)c2)c1. The summed E-state index contributed by atoms with van der Waals surface area (Å²) in [7, 11) is 0. The smallest absolute Gasteiger partial charge is 0.159 e. The van der Waals surface area contributed by atoms with Crippen molar-refractivity contribution in [3.63, 3.8) is 0 Å². The van der Waals surface area contributed by atoms with Gasteiger partial charge in [0.2, 0.25) is 0 Å². The van der Waals surface area contributed by atoms with Gasteiger partial charge in [0.25, 0.3) is 0 Å². The van der Waals surface area contributed by atoms with Gasteiger partial charge < -0.3 is 0 Å². The van der Waals surface area contributed by atoms with Gasteiger partial charge in [0.15, 0.2) is 23.3 Å². The minimum Gasteiger partial charge on any atom is -0.204 e. The van der Waals surface area contributed by atoms with Gasteiger partial charge in [0.1, 0.15) is 0 Å². The first-order valence-electron chi connectivity index (χ1n) is 6.96. The van der Waals surface area contributed by atoms with Crippen molar-refractivity contribution >= 4 is 0 Å². The molecule has 0 N–H and O–H groups in total. The second-order valence-electron chi connectivity index (χ2n) is 5.35. The zero-order valence-corrected chi connectivity index (χ0v) is 12.2. The van der Waals surface area contributed by atoms with Crippen molar-refractivity contribution in [2.45, 2.75) is 6.92 Å². The van der Waals surface area contributed by atoms with Crippen LogP contribution < -0.4 is 0 Å². The molecule has 0 atom stereocenters. The highest BCUT2D eigenvalue weighted by atomic mass is 19.2. The predicted molar refractivity (Wildman–Crippen MR) is 81.9 cm³/mol. The lowest BCUT2D eigenvalue weighted by Gasteiger charge is -2.09. The van der Waals surface area contributed by atoms with Gasteiger partial charge >= 0.3 is 0 Å². The summed E-state index contributed by atoms with van der Waals surface area (Å²) in [4.78, 5) is 0. The number of aryl methyl sites for hydroxylation is 1. The van der Waals surface area contributed by atoms with Crippen LogP contribution in [0.2, 0.25) is 0 Å². The molecule has 0 fully saturated rings. The van der Waals surface area contributed by atoms with Gasteiger partial charge in [-0.15, -0.1) is 0 Å². The lowest BCUT2D eigenvalue weighted by atomic mass is 9.96. The van der Waals surface area contributed by atoms with Crippen LogP contribution in [-0.4, -0.2) is 0 Å². The van der Waals surface area contributed by atoms with Crippen molar-refractivity contribution in [3.8, 4) is 22.3 Å². The molecule has 3 aromatic carbocycles. The second kappa shape index (κ2) is 5.88. The lowest BCUT2D eigenvalue weighted by Crippen LogP contribution is -1.89. The summed E-state index contributed by atoms with van der Waals surface area (Å²) in [6.07, 6.45) is 0. The van der Waals surface area contributed by atoms with Gasteiger partial charge in [-0.3, -0.25) is 0 Å². The first-order chi connectivity index (χ1) is 10.9. The summed E-state index contributed by atoms with van der Waals surface area (Å²) in [5.74, 6) is -3.69. The molecule has 0 heterocycles. The maximum atomic E-state index is 13.4. The standard InChI is InChI=1S/C19H12F4/c1-11-6-14(12-2-4-16(20)18(22)9-12)8-15(7-11)13-3-5-17(21)19(23)10-13/h2-10H,1H3. The Kier molecular flexibility index (Phi) is 3.90. The summed E-state index contributed by atoms with van der Waals surface area (Å²) in [6.45, 7) is 1.84. The number of halogens is 4. The maximum absolute atomic E-state index is 13.4. The van der Waals surface area contributed by atoms with Crippen LogP contribution in [-0.2, 0) is 0 Å². The summed E-state index contributed by atoms with van der Waals surface area (Å²) < 4.78 is 53.0. The molecule has 0 bridgehead atoms. The quantitative estimate of drug-likeness (QED) is 0.517. The molecule has 0 saturated heterocycles. The van der Waals surface area contributed by atoms with E-state index in [-0.39, 0.29) is 0 Å². The van der Waals surface area contributed by atoms with Crippen molar-refractivity contribution < 1.29 is 17.6 Å². The van der Waals surface area contributed by atoms with Gasteiger partial charge in [-0.05, 0) is 65.1 Å². The van der Waals surface area contributed by atoms with Gasteiger partial charge in [0, 0.05) is 0 Å². The molecule has 0 spiro atoms. The largest absolute Gasteiger partial charge is 0.204 e. The van der Waals surface area contributed by atoms with Crippen LogP contribution in [0.5, 0.6) is 0 Å². The van der Waals surface area contributed by atoms with Gasteiger partial charge in [0.05, 0.1) is 0 Å². The van der Waals surface area contributed by atoms with E-state index in [1.54, 1.807) is 6.07 Å². The maximum Gasteiger partial charge on any atom is 0.159 e. The molecule has 0 radical (unpaired) electrons. The highest BCUT2D eigenvalue weighted by Crippen LogP contribution is 2.29. The van der Waals surface area contributed by atoms with Crippen molar-refractivity contribution in [2.24, 2.45) is 0 Å². The van der Waals surface area contributed by atoms with Crippen LogP contribution in [0.15, 0.2) is 54.6 Å². The Morgan fingerprint density at radius 1 is 0.478 bits per heavy atom. The molecule has 0 saturated carbocycles. The average Bonchev–Trinajstić information content (AvgIpc) is 2.52. The van der Waals surface area contributed by atoms with E-state index in [2.05, 4.69) is 0 Å². The van der Waals surface area contributed by atoms with Gasteiger partial charge in [-0.1, -0.05) is 24.3 Å². The Morgan fingerprint density at radius 2 is 0.913 bits per heavy atom. The van der Waals surface area contributed by atoms with E-state index in [0.717, 1.165) is 29.8 Å². The lowest BCUT2D eigenvalue weighted by molar-refractivity contribution is 0.509. The van der Waals surface area contributed by atoms with Crippen molar-refractivity contribution in [1.29, 1.82) is 0 Å². The molecule has 0 aliphatic heterocycles. The Morgan fingerprint density at radius 3 is 1.30 bits per heavy atom. The number of rotatable bonds is 2. The Bertz CT molecular complexity index is 815. The van der Waals surface area contributed by atoms with E-state index in [9.17, 15) is 17.6 Å². The fourth-order valence-corrected chi connectivity index (χ4v) is 2.47.